The van der Waals surface area contributed by atoms with Crippen LogP contribution in [0.15, 0.2) is 72.9 Å². The van der Waals surface area contributed by atoms with Crippen molar-refractivity contribution in [3.8, 4) is 0 Å². The van der Waals surface area contributed by atoms with Crippen LogP contribution in [0.1, 0.15) is 367 Å². The molecule has 1 unspecified atom stereocenters. The molecule has 0 bridgehead atoms. The van der Waals surface area contributed by atoms with Gasteiger partial charge in [-0.15, -0.1) is 0 Å². The van der Waals surface area contributed by atoms with Gasteiger partial charge in [0.1, 0.15) is 13.2 Å². The van der Waals surface area contributed by atoms with Gasteiger partial charge in [-0.3, -0.25) is 14.4 Å². The SMILES string of the molecule is CC/C=C\C/C=C\C/C=C\C/C=C\C/C=C\CCCCCCCCCCCCCCCCCC(=O)OCC(COC(=O)CCCCCCC/C=C\CCCCCCCC)OC(=O)CCCCCCCCCCCCCCCCCCC. The first-order valence-corrected chi connectivity index (χ1v) is 35.4. The van der Waals surface area contributed by atoms with Gasteiger partial charge in [-0.2, -0.15) is 0 Å². The number of esters is 3. The molecule has 0 aliphatic heterocycles. The first-order chi connectivity index (χ1) is 40.0. The molecule has 0 N–H and O–H groups in total. The lowest BCUT2D eigenvalue weighted by molar-refractivity contribution is -0.167. The zero-order chi connectivity index (χ0) is 58.5. The lowest BCUT2D eigenvalue weighted by Crippen LogP contribution is -2.30. The Hall–Kier alpha value is -3.15. The van der Waals surface area contributed by atoms with Gasteiger partial charge >= 0.3 is 17.9 Å². The van der Waals surface area contributed by atoms with E-state index in [-0.39, 0.29) is 31.1 Å². The van der Waals surface area contributed by atoms with Crippen LogP contribution in [0.3, 0.4) is 0 Å². The molecule has 0 heterocycles. The maximum Gasteiger partial charge on any atom is 0.306 e. The Morgan fingerprint density at radius 1 is 0.259 bits per heavy atom. The van der Waals surface area contributed by atoms with E-state index >= 15 is 0 Å². The van der Waals surface area contributed by atoms with Gasteiger partial charge in [-0.25, -0.2) is 0 Å². The Labute approximate surface area is 503 Å². The molecule has 0 aromatic rings. The number of carbonyl (C=O) groups is 3. The smallest absolute Gasteiger partial charge is 0.306 e. The topological polar surface area (TPSA) is 78.9 Å². The molecule has 0 saturated carbocycles. The number of unbranched alkanes of at least 4 members (excludes halogenated alkanes) is 42. The van der Waals surface area contributed by atoms with Gasteiger partial charge in [-0.1, -0.05) is 331 Å². The number of rotatable bonds is 65. The number of hydrogen-bond acceptors (Lipinski definition) is 6. The Balaban J connectivity index is 4.22. The van der Waals surface area contributed by atoms with Gasteiger partial charge in [0.2, 0.25) is 0 Å². The molecule has 0 saturated heterocycles. The average Bonchev–Trinajstić information content (AvgIpc) is 3.47. The fourth-order valence-electron chi connectivity index (χ4n) is 10.4. The van der Waals surface area contributed by atoms with Crippen LogP contribution in [0.2, 0.25) is 0 Å². The summed E-state index contributed by atoms with van der Waals surface area (Å²) in [6, 6.07) is 0. The lowest BCUT2D eigenvalue weighted by atomic mass is 10.0. The summed E-state index contributed by atoms with van der Waals surface area (Å²) < 4.78 is 17.0. The van der Waals surface area contributed by atoms with Gasteiger partial charge < -0.3 is 14.2 Å². The number of carbonyl (C=O) groups excluding carboxylic acids is 3. The maximum absolute atomic E-state index is 12.9. The van der Waals surface area contributed by atoms with Crippen LogP contribution in [0, 0.1) is 0 Å². The fourth-order valence-corrected chi connectivity index (χ4v) is 10.4. The van der Waals surface area contributed by atoms with Crippen LogP contribution in [-0.2, 0) is 28.6 Å². The molecule has 0 amide bonds. The second-order valence-electron chi connectivity index (χ2n) is 23.8. The van der Waals surface area contributed by atoms with Crippen molar-refractivity contribution in [3.05, 3.63) is 72.9 Å². The summed E-state index contributed by atoms with van der Waals surface area (Å²) in [5.41, 5.74) is 0. The second kappa shape index (κ2) is 69.3. The van der Waals surface area contributed by atoms with Crippen molar-refractivity contribution in [2.75, 3.05) is 13.2 Å². The molecular formula is C75H134O6. The first-order valence-electron chi connectivity index (χ1n) is 35.4. The molecule has 0 radical (unpaired) electrons. The molecule has 0 aliphatic rings. The van der Waals surface area contributed by atoms with E-state index in [0.29, 0.717) is 19.3 Å². The quantitative estimate of drug-likeness (QED) is 0.0261. The summed E-state index contributed by atoms with van der Waals surface area (Å²) in [4.78, 5) is 38.4. The number of ether oxygens (including phenoxy) is 3. The molecule has 81 heavy (non-hydrogen) atoms. The predicted octanol–water partition coefficient (Wildman–Crippen LogP) is 24.4. The molecular weight excluding hydrogens is 997 g/mol. The van der Waals surface area contributed by atoms with Gasteiger partial charge in [-0.05, 0) is 89.9 Å². The van der Waals surface area contributed by atoms with Gasteiger partial charge in [0.25, 0.3) is 0 Å². The maximum atomic E-state index is 12.9. The van der Waals surface area contributed by atoms with Crippen molar-refractivity contribution in [1.82, 2.24) is 0 Å². The van der Waals surface area contributed by atoms with Crippen molar-refractivity contribution in [1.29, 1.82) is 0 Å². The highest BCUT2D eigenvalue weighted by atomic mass is 16.6. The molecule has 0 aliphatic carbocycles. The minimum atomic E-state index is -0.776. The fraction of sp³-hybridized carbons (Fsp3) is 0.800. The zero-order valence-corrected chi connectivity index (χ0v) is 54.1. The van der Waals surface area contributed by atoms with E-state index in [0.717, 1.165) is 96.3 Å². The van der Waals surface area contributed by atoms with Crippen LogP contribution < -0.4 is 0 Å². The summed E-state index contributed by atoms with van der Waals surface area (Å²) in [5, 5.41) is 0. The first kappa shape index (κ1) is 77.9. The summed E-state index contributed by atoms with van der Waals surface area (Å²) in [6.45, 7) is 6.57. The predicted molar refractivity (Wildman–Crippen MR) is 353 cm³/mol. The molecule has 0 aromatic heterocycles. The van der Waals surface area contributed by atoms with Crippen molar-refractivity contribution in [3.63, 3.8) is 0 Å². The Bertz CT molecular complexity index is 1490. The van der Waals surface area contributed by atoms with Gasteiger partial charge in [0.15, 0.2) is 6.10 Å². The van der Waals surface area contributed by atoms with Crippen LogP contribution >= 0.6 is 0 Å². The summed E-state index contributed by atoms with van der Waals surface area (Å²) in [7, 11) is 0. The van der Waals surface area contributed by atoms with E-state index in [9.17, 15) is 14.4 Å². The van der Waals surface area contributed by atoms with Crippen LogP contribution in [-0.4, -0.2) is 37.2 Å². The third-order valence-electron chi connectivity index (χ3n) is 15.7. The summed E-state index contributed by atoms with van der Waals surface area (Å²) in [5.74, 6) is -0.857. The highest BCUT2D eigenvalue weighted by Gasteiger charge is 2.19. The molecule has 6 heteroatoms. The average molecular weight is 1130 g/mol. The van der Waals surface area contributed by atoms with Gasteiger partial charge in [0, 0.05) is 19.3 Å². The van der Waals surface area contributed by atoms with Gasteiger partial charge in [0.05, 0.1) is 0 Å². The highest BCUT2D eigenvalue weighted by molar-refractivity contribution is 5.71. The summed E-state index contributed by atoms with van der Waals surface area (Å²) in [6.07, 6.45) is 90.7. The third kappa shape index (κ3) is 67.5. The Morgan fingerprint density at radius 3 is 0.765 bits per heavy atom. The van der Waals surface area contributed by atoms with Crippen LogP contribution in [0.25, 0.3) is 0 Å². The van der Waals surface area contributed by atoms with E-state index < -0.39 is 6.10 Å². The molecule has 0 aromatic carbocycles. The standard InChI is InChI=1S/C75H134O6/c1-4-7-10-13-16-19-22-25-28-30-31-32-33-34-35-36-37-38-39-40-41-42-43-45-47-50-53-56-59-62-65-68-74(77)80-71-72(70-79-73(76)67-64-61-58-55-52-49-46-27-24-21-18-15-12-9-6-3)81-75(78)69-66-63-60-57-54-51-48-44-29-26-23-20-17-14-11-8-5-2/h7,10,16,19,25,27-28,31-32,34-35,46,72H,4-6,8-9,11-15,17-18,20-24,26,29-30,33,36-45,47-71H2,1-3H3/b10-7-,19-16-,28-25-,32-31-,35-34-,46-27-. The largest absolute Gasteiger partial charge is 0.462 e. The molecule has 1 atom stereocenters. The number of hydrogen-bond donors (Lipinski definition) is 0. The van der Waals surface area contributed by atoms with Crippen LogP contribution in [0.4, 0.5) is 0 Å². The molecule has 0 rings (SSSR count). The zero-order valence-electron chi connectivity index (χ0n) is 54.1. The molecule has 0 fully saturated rings. The number of allylic oxidation sites excluding steroid dienone is 12. The Kier molecular flexibility index (Phi) is 66.6. The highest BCUT2D eigenvalue weighted by Crippen LogP contribution is 2.18. The van der Waals surface area contributed by atoms with Crippen LogP contribution in [0.5, 0.6) is 0 Å². The van der Waals surface area contributed by atoms with E-state index in [1.54, 1.807) is 0 Å². The molecule has 6 nitrogen and oxygen atoms in total. The minimum Gasteiger partial charge on any atom is -0.462 e. The summed E-state index contributed by atoms with van der Waals surface area (Å²) >= 11 is 0. The van der Waals surface area contributed by atoms with Crippen molar-refractivity contribution in [2.24, 2.45) is 0 Å². The van der Waals surface area contributed by atoms with E-state index in [2.05, 4.69) is 93.7 Å². The van der Waals surface area contributed by atoms with E-state index in [1.165, 1.54) is 231 Å². The second-order valence-corrected chi connectivity index (χ2v) is 23.8. The normalized spacial score (nSPS) is 12.5. The Morgan fingerprint density at radius 2 is 0.481 bits per heavy atom. The van der Waals surface area contributed by atoms with Crippen molar-refractivity contribution in [2.45, 2.75) is 374 Å². The lowest BCUT2D eigenvalue weighted by Gasteiger charge is -2.18. The molecule has 0 spiro atoms. The van der Waals surface area contributed by atoms with Crippen molar-refractivity contribution >= 4 is 17.9 Å². The van der Waals surface area contributed by atoms with E-state index in [4.69, 9.17) is 14.2 Å². The molecule has 470 valence electrons. The third-order valence-corrected chi connectivity index (χ3v) is 15.7. The van der Waals surface area contributed by atoms with E-state index in [1.807, 2.05) is 0 Å². The van der Waals surface area contributed by atoms with Crippen molar-refractivity contribution < 1.29 is 28.6 Å². The monoisotopic (exact) mass is 1130 g/mol. The minimum absolute atomic E-state index is 0.0727.